The summed E-state index contributed by atoms with van der Waals surface area (Å²) in [5, 5.41) is 16.3. The van der Waals surface area contributed by atoms with E-state index in [0.29, 0.717) is 30.6 Å². The molecule has 0 fully saturated rings. The average Bonchev–Trinajstić information content (AvgIpc) is 2.87. The number of benzene rings is 2. The first-order chi connectivity index (χ1) is 19.1. The van der Waals surface area contributed by atoms with Gasteiger partial charge in [-0.15, -0.1) is 0 Å². The molecule has 0 aliphatic rings. The normalized spacial score (nSPS) is 13.0. The molecule has 1 amide bonds. The Morgan fingerprint density at radius 3 is 2.39 bits per heavy atom. The fourth-order valence-electron chi connectivity index (χ4n) is 3.83. The first-order valence-electron chi connectivity index (χ1n) is 13.3. The molecule has 0 radical (unpaired) electrons. The predicted octanol–water partition coefficient (Wildman–Crippen LogP) is 6.22. The molecule has 11 heteroatoms. The summed E-state index contributed by atoms with van der Waals surface area (Å²) in [5.41, 5.74) is 1.63. The molecule has 1 aromatic heterocycles. The number of nitrogens with one attached hydrogen (secondary N) is 3. The number of rotatable bonds is 9. The summed E-state index contributed by atoms with van der Waals surface area (Å²) in [6.45, 7) is 12.0. The van der Waals surface area contributed by atoms with E-state index < -0.39 is 20.4 Å². The van der Waals surface area contributed by atoms with Crippen LogP contribution in [0.5, 0.6) is 5.75 Å². The van der Waals surface area contributed by atoms with Crippen molar-refractivity contribution in [3.05, 3.63) is 70.0 Å². The monoisotopic (exact) mass is 587 g/mol. The van der Waals surface area contributed by atoms with Crippen molar-refractivity contribution in [2.24, 2.45) is 0 Å². The number of aromatic hydroxyl groups is 1. The number of aromatic nitrogens is 1. The third-order valence-corrected chi connectivity index (χ3v) is 11.6. The summed E-state index contributed by atoms with van der Waals surface area (Å²) in [4.78, 5) is 25.6. The van der Waals surface area contributed by atoms with E-state index in [1.807, 2.05) is 6.07 Å². The molecule has 3 rings (SSSR count). The lowest BCUT2D eigenvalue weighted by Crippen LogP contribution is -2.43. The summed E-state index contributed by atoms with van der Waals surface area (Å²) in [5.74, 6) is 4.01. The SMILES string of the molecule is CC(C)(C)[Si](C)(C)OC(CNCCCC#Cc1ccc(NC(=O)C(F)(F)F)cc1)c1ccc(O)c2[nH]c(=O)ccc12. The molecule has 0 saturated heterocycles. The first kappa shape index (κ1) is 31.9. The van der Waals surface area contributed by atoms with Gasteiger partial charge in [0, 0.05) is 35.7 Å². The molecule has 0 aliphatic carbocycles. The van der Waals surface area contributed by atoms with Gasteiger partial charge in [0.2, 0.25) is 5.56 Å². The molecule has 7 nitrogen and oxygen atoms in total. The molecule has 0 aliphatic heterocycles. The molecular formula is C30H36F3N3O4Si. The third kappa shape index (κ3) is 8.69. The summed E-state index contributed by atoms with van der Waals surface area (Å²) in [6.07, 6.45) is -3.91. The van der Waals surface area contributed by atoms with Crippen LogP contribution in [0.4, 0.5) is 18.9 Å². The number of carbonyl (C=O) groups excluding carboxylic acids is 1. The Balaban J connectivity index is 1.62. The quantitative estimate of drug-likeness (QED) is 0.135. The zero-order valence-electron chi connectivity index (χ0n) is 23.8. The Kier molecular flexibility index (Phi) is 10.1. The highest BCUT2D eigenvalue weighted by molar-refractivity contribution is 6.74. The number of hydrogen-bond donors (Lipinski definition) is 4. The van der Waals surface area contributed by atoms with Crippen molar-refractivity contribution < 1.29 is 27.5 Å². The minimum absolute atomic E-state index is 0.000223. The van der Waals surface area contributed by atoms with Gasteiger partial charge < -0.3 is 25.2 Å². The van der Waals surface area contributed by atoms with E-state index >= 15 is 0 Å². The van der Waals surface area contributed by atoms with Crippen LogP contribution in [0.15, 0.2) is 53.3 Å². The maximum atomic E-state index is 12.4. The van der Waals surface area contributed by atoms with Crippen LogP contribution in [0.1, 0.15) is 50.8 Å². The number of aromatic amines is 1. The van der Waals surface area contributed by atoms with Crippen molar-refractivity contribution in [1.82, 2.24) is 10.3 Å². The van der Waals surface area contributed by atoms with E-state index in [4.69, 9.17) is 4.43 Å². The number of phenols is 1. The van der Waals surface area contributed by atoms with Crippen LogP contribution in [0.3, 0.4) is 0 Å². The average molecular weight is 588 g/mol. The van der Waals surface area contributed by atoms with Gasteiger partial charge in [-0.3, -0.25) is 9.59 Å². The zero-order valence-corrected chi connectivity index (χ0v) is 24.8. The number of H-pyrrole nitrogens is 1. The molecular weight excluding hydrogens is 551 g/mol. The van der Waals surface area contributed by atoms with Crippen LogP contribution >= 0.6 is 0 Å². The number of unbranched alkanes of at least 4 members (excludes halogenated alkanes) is 1. The lowest BCUT2D eigenvalue weighted by atomic mass is 10.0. The maximum Gasteiger partial charge on any atom is 0.471 e. The summed E-state index contributed by atoms with van der Waals surface area (Å²) in [7, 11) is -2.18. The first-order valence-corrected chi connectivity index (χ1v) is 16.2. The van der Waals surface area contributed by atoms with E-state index in [-0.39, 0.29) is 28.1 Å². The second-order valence-corrected chi connectivity index (χ2v) is 16.0. The number of carbonyl (C=O) groups is 1. The Labute approximate surface area is 238 Å². The van der Waals surface area contributed by atoms with E-state index in [2.05, 4.69) is 56.0 Å². The minimum Gasteiger partial charge on any atom is -0.506 e. The number of pyridine rings is 1. The van der Waals surface area contributed by atoms with Crippen LogP contribution < -0.4 is 16.2 Å². The second kappa shape index (κ2) is 12.9. The number of phenolic OH excluding ortho intramolecular Hbond substituents is 1. The van der Waals surface area contributed by atoms with Crippen molar-refractivity contribution in [1.29, 1.82) is 0 Å². The van der Waals surface area contributed by atoms with Gasteiger partial charge in [0.1, 0.15) is 5.75 Å². The van der Waals surface area contributed by atoms with Crippen LogP contribution in [0.2, 0.25) is 18.1 Å². The largest absolute Gasteiger partial charge is 0.506 e. The minimum atomic E-state index is -4.94. The van der Waals surface area contributed by atoms with Gasteiger partial charge in [0.05, 0.1) is 11.6 Å². The van der Waals surface area contributed by atoms with Crippen molar-refractivity contribution in [3.8, 4) is 17.6 Å². The Hall–Kier alpha value is -3.59. The lowest BCUT2D eigenvalue weighted by Gasteiger charge is -2.39. The maximum absolute atomic E-state index is 12.4. The molecule has 1 heterocycles. The lowest BCUT2D eigenvalue weighted by molar-refractivity contribution is -0.167. The van der Waals surface area contributed by atoms with Gasteiger partial charge in [-0.05, 0) is 73.1 Å². The Morgan fingerprint density at radius 2 is 1.76 bits per heavy atom. The molecule has 1 unspecified atom stereocenters. The molecule has 3 aromatic rings. The van der Waals surface area contributed by atoms with Gasteiger partial charge in [-0.1, -0.05) is 38.7 Å². The van der Waals surface area contributed by atoms with Gasteiger partial charge in [-0.25, -0.2) is 0 Å². The van der Waals surface area contributed by atoms with E-state index in [1.165, 1.54) is 18.2 Å². The topological polar surface area (TPSA) is 103 Å². The van der Waals surface area contributed by atoms with Gasteiger partial charge >= 0.3 is 12.1 Å². The predicted molar refractivity (Wildman–Crippen MR) is 157 cm³/mol. The number of halogens is 3. The van der Waals surface area contributed by atoms with Crippen molar-refractivity contribution in [2.45, 2.75) is 64.0 Å². The molecule has 0 bridgehead atoms. The summed E-state index contributed by atoms with van der Waals surface area (Å²) in [6, 6.07) is 12.4. The van der Waals surface area contributed by atoms with E-state index in [0.717, 1.165) is 17.4 Å². The number of anilines is 1. The van der Waals surface area contributed by atoms with Crippen molar-refractivity contribution in [3.63, 3.8) is 0 Å². The van der Waals surface area contributed by atoms with Gasteiger partial charge in [-0.2, -0.15) is 13.2 Å². The molecule has 0 spiro atoms. The van der Waals surface area contributed by atoms with Gasteiger partial charge in [0.25, 0.3) is 0 Å². The summed E-state index contributed by atoms with van der Waals surface area (Å²) >= 11 is 0. The second-order valence-electron chi connectivity index (χ2n) is 11.3. The van der Waals surface area contributed by atoms with Crippen LogP contribution in [-0.4, -0.2) is 43.6 Å². The molecule has 4 N–H and O–H groups in total. The molecule has 1 atom stereocenters. The molecule has 220 valence electrons. The van der Waals surface area contributed by atoms with Crippen molar-refractivity contribution >= 4 is 30.8 Å². The highest BCUT2D eigenvalue weighted by atomic mass is 28.4. The Bertz CT molecular complexity index is 1480. The molecule has 0 saturated carbocycles. The van der Waals surface area contributed by atoms with Crippen LogP contribution in [0.25, 0.3) is 10.9 Å². The number of amides is 1. The molecule has 2 aromatic carbocycles. The number of alkyl halides is 3. The number of hydrogen-bond acceptors (Lipinski definition) is 5. The van der Waals surface area contributed by atoms with E-state index in [1.54, 1.807) is 29.6 Å². The fourth-order valence-corrected chi connectivity index (χ4v) is 5.10. The highest BCUT2D eigenvalue weighted by Gasteiger charge is 2.40. The summed E-state index contributed by atoms with van der Waals surface area (Å²) < 4.78 is 43.9. The van der Waals surface area contributed by atoms with Crippen molar-refractivity contribution in [2.75, 3.05) is 18.4 Å². The van der Waals surface area contributed by atoms with Gasteiger partial charge in [0.15, 0.2) is 8.32 Å². The Morgan fingerprint density at radius 1 is 1.07 bits per heavy atom. The highest BCUT2D eigenvalue weighted by Crippen LogP contribution is 2.41. The van der Waals surface area contributed by atoms with Crippen LogP contribution in [-0.2, 0) is 9.22 Å². The van der Waals surface area contributed by atoms with E-state index in [9.17, 15) is 27.9 Å². The fraction of sp³-hybridized carbons (Fsp3) is 0.400. The number of fused-ring (bicyclic) bond motifs is 1. The zero-order chi connectivity index (χ0) is 30.4. The standard InChI is InChI=1S/C30H36F3N3O4Si/c1-29(2,3)41(4,5)40-25(22-14-16-24(37)27-23(22)15-17-26(38)36-27)19-34-18-8-6-7-9-20-10-12-21(13-11-20)35-28(39)30(31,32)33/h10-17,25,34,37H,6,8,18-19H2,1-5H3,(H,35,39)(H,36,38). The smallest absolute Gasteiger partial charge is 0.471 e. The third-order valence-electron chi connectivity index (χ3n) is 7.11. The molecule has 41 heavy (non-hydrogen) atoms. The van der Waals surface area contributed by atoms with Crippen LogP contribution in [0, 0.1) is 11.8 Å².